The van der Waals surface area contributed by atoms with Gasteiger partial charge in [0.2, 0.25) is 5.95 Å². The van der Waals surface area contributed by atoms with Crippen LogP contribution < -0.4 is 11.5 Å². The van der Waals surface area contributed by atoms with Crippen molar-refractivity contribution in [2.24, 2.45) is 0 Å². The summed E-state index contributed by atoms with van der Waals surface area (Å²) in [5.74, 6) is -0.593. The molecule has 5 N–H and O–H groups in total. The van der Waals surface area contributed by atoms with Crippen molar-refractivity contribution in [1.82, 2.24) is 15.0 Å². The minimum Gasteiger partial charge on any atom is -0.478 e. The van der Waals surface area contributed by atoms with Crippen LogP contribution in [0.4, 0.5) is 11.8 Å². The Hall–Kier alpha value is -3.19. The van der Waals surface area contributed by atoms with E-state index in [2.05, 4.69) is 15.0 Å². The molecule has 0 fully saturated rings. The molecule has 0 saturated carbocycles. The van der Waals surface area contributed by atoms with Crippen molar-refractivity contribution in [2.75, 3.05) is 11.5 Å². The molecule has 0 aliphatic carbocycles. The second kappa shape index (κ2) is 6.37. The highest BCUT2D eigenvalue weighted by atomic mass is 35.5. The first-order chi connectivity index (χ1) is 11.9. The molecule has 0 saturated heterocycles. The number of rotatable bonds is 3. The van der Waals surface area contributed by atoms with Gasteiger partial charge in [-0.1, -0.05) is 17.7 Å². The molecule has 3 aromatic rings. The van der Waals surface area contributed by atoms with Crippen LogP contribution in [-0.4, -0.2) is 26.0 Å². The van der Waals surface area contributed by atoms with Crippen molar-refractivity contribution >= 4 is 29.3 Å². The lowest BCUT2D eigenvalue weighted by molar-refractivity contribution is 0.0697. The Morgan fingerprint density at radius 1 is 1.12 bits per heavy atom. The van der Waals surface area contributed by atoms with Crippen LogP contribution in [0.1, 0.15) is 16.1 Å². The molecule has 0 atom stereocenters. The van der Waals surface area contributed by atoms with E-state index in [-0.39, 0.29) is 16.5 Å². The maximum atomic E-state index is 11.1. The number of aromatic nitrogens is 3. The quantitative estimate of drug-likeness (QED) is 0.658. The molecule has 7 nitrogen and oxygen atoms in total. The third-order valence-electron chi connectivity index (χ3n) is 3.66. The zero-order valence-electron chi connectivity index (χ0n) is 13.2. The number of nitrogen functional groups attached to an aromatic ring is 2. The monoisotopic (exact) mass is 355 g/mol. The average Bonchev–Trinajstić information content (AvgIpc) is 2.55. The second-order valence-corrected chi connectivity index (χ2v) is 5.77. The molecule has 2 heterocycles. The minimum atomic E-state index is -1.10. The van der Waals surface area contributed by atoms with Gasteiger partial charge >= 0.3 is 5.97 Å². The number of nitrogens with zero attached hydrogens (tertiary/aromatic N) is 3. The fourth-order valence-corrected chi connectivity index (χ4v) is 2.80. The molecule has 2 aromatic heterocycles. The molecule has 0 aliphatic rings. The predicted octanol–water partition coefficient (Wildman–Crippen LogP) is 3.03. The lowest BCUT2D eigenvalue weighted by Crippen LogP contribution is -2.03. The largest absolute Gasteiger partial charge is 0.478 e. The van der Waals surface area contributed by atoms with E-state index < -0.39 is 5.97 Å². The molecule has 126 valence electrons. The van der Waals surface area contributed by atoms with Gasteiger partial charge in [-0.2, -0.15) is 0 Å². The summed E-state index contributed by atoms with van der Waals surface area (Å²) in [4.78, 5) is 23.8. The van der Waals surface area contributed by atoms with Gasteiger partial charge in [0.25, 0.3) is 0 Å². The van der Waals surface area contributed by atoms with E-state index in [1.54, 1.807) is 37.4 Å². The fourth-order valence-electron chi connectivity index (χ4n) is 2.54. The number of anilines is 2. The summed E-state index contributed by atoms with van der Waals surface area (Å²) in [6, 6.07) is 8.08. The Morgan fingerprint density at radius 3 is 2.44 bits per heavy atom. The highest BCUT2D eigenvalue weighted by Gasteiger charge is 2.17. The van der Waals surface area contributed by atoms with Gasteiger partial charge in [0.15, 0.2) is 0 Å². The lowest BCUT2D eigenvalue weighted by Gasteiger charge is -2.13. The van der Waals surface area contributed by atoms with Crippen LogP contribution in [-0.2, 0) is 0 Å². The molecule has 0 spiro atoms. The molecule has 0 unspecified atom stereocenters. The number of aryl methyl sites for hydroxylation is 1. The fraction of sp³-hybridized carbons (Fsp3) is 0.0588. The lowest BCUT2D eigenvalue weighted by atomic mass is 9.98. The molecule has 1 aromatic carbocycles. The number of halogens is 1. The average molecular weight is 356 g/mol. The predicted molar refractivity (Wildman–Crippen MR) is 96.2 cm³/mol. The number of aromatic carboxylic acids is 1. The number of nitrogens with two attached hydrogens (primary N) is 2. The minimum absolute atomic E-state index is 0.0138. The van der Waals surface area contributed by atoms with E-state index in [1.165, 1.54) is 6.07 Å². The Balaban J connectivity index is 2.24. The van der Waals surface area contributed by atoms with E-state index in [0.29, 0.717) is 22.8 Å². The molecule has 0 amide bonds. The van der Waals surface area contributed by atoms with Crippen LogP contribution in [0.5, 0.6) is 0 Å². The van der Waals surface area contributed by atoms with Gasteiger partial charge in [0.1, 0.15) is 5.82 Å². The van der Waals surface area contributed by atoms with Crippen molar-refractivity contribution in [1.29, 1.82) is 0 Å². The van der Waals surface area contributed by atoms with Crippen molar-refractivity contribution in [3.8, 4) is 22.4 Å². The number of hydrogen-bond acceptors (Lipinski definition) is 6. The Labute approximate surface area is 148 Å². The Morgan fingerprint density at radius 2 is 1.84 bits per heavy atom. The number of carboxylic acids is 1. The van der Waals surface area contributed by atoms with Crippen LogP contribution in [0.25, 0.3) is 22.4 Å². The summed E-state index contributed by atoms with van der Waals surface area (Å²) in [6.45, 7) is 1.81. The van der Waals surface area contributed by atoms with Crippen molar-refractivity contribution in [3.05, 3.63) is 52.8 Å². The van der Waals surface area contributed by atoms with Crippen LogP contribution in [0, 0.1) is 6.92 Å². The molecule has 0 radical (unpaired) electrons. The van der Waals surface area contributed by atoms with Gasteiger partial charge in [-0.3, -0.25) is 0 Å². The number of carboxylic acid groups (broad SMARTS) is 1. The first kappa shape index (κ1) is 16.7. The molecule has 0 bridgehead atoms. The topological polar surface area (TPSA) is 128 Å². The van der Waals surface area contributed by atoms with Crippen LogP contribution in [0.2, 0.25) is 5.02 Å². The van der Waals surface area contributed by atoms with E-state index >= 15 is 0 Å². The number of carbonyl (C=O) groups is 1. The van der Waals surface area contributed by atoms with Gasteiger partial charge in [0, 0.05) is 22.9 Å². The van der Waals surface area contributed by atoms with Gasteiger partial charge in [-0.25, -0.2) is 19.7 Å². The van der Waals surface area contributed by atoms with Gasteiger partial charge in [0.05, 0.1) is 22.0 Å². The summed E-state index contributed by atoms with van der Waals surface area (Å²) >= 11 is 6.09. The normalized spacial score (nSPS) is 10.6. The Bertz CT molecular complexity index is 974. The molecule has 3 rings (SSSR count). The molecule has 25 heavy (non-hydrogen) atoms. The van der Waals surface area contributed by atoms with Crippen LogP contribution >= 0.6 is 11.6 Å². The molecular formula is C17H14ClN5O2. The van der Waals surface area contributed by atoms with Crippen LogP contribution in [0.15, 0.2) is 36.5 Å². The van der Waals surface area contributed by atoms with E-state index in [4.69, 9.17) is 28.2 Å². The highest BCUT2D eigenvalue weighted by molar-refractivity contribution is 6.33. The maximum Gasteiger partial charge on any atom is 0.337 e. The van der Waals surface area contributed by atoms with Gasteiger partial charge in [-0.05, 0) is 31.2 Å². The SMILES string of the molecule is Cc1nc(N)nc(-c2ccc(C(=O)O)c(Cl)c2)c1-c1ccc(N)nc1. The third kappa shape index (κ3) is 3.22. The first-order valence-corrected chi connectivity index (χ1v) is 7.64. The number of benzene rings is 1. The van der Waals surface area contributed by atoms with Gasteiger partial charge < -0.3 is 16.6 Å². The zero-order chi connectivity index (χ0) is 18.1. The number of pyridine rings is 1. The third-order valence-corrected chi connectivity index (χ3v) is 3.97. The summed E-state index contributed by atoms with van der Waals surface area (Å²) in [5.41, 5.74) is 14.8. The number of hydrogen-bond donors (Lipinski definition) is 3. The molecule has 8 heteroatoms. The van der Waals surface area contributed by atoms with Crippen LogP contribution in [0.3, 0.4) is 0 Å². The zero-order valence-corrected chi connectivity index (χ0v) is 13.9. The van der Waals surface area contributed by atoms with Crippen molar-refractivity contribution < 1.29 is 9.90 Å². The standard InChI is InChI=1S/C17H14ClN5O2/c1-8-14(10-3-5-13(19)21-7-10)15(23-17(20)22-8)9-2-4-11(16(24)25)12(18)6-9/h2-7H,1H3,(H2,19,21)(H,24,25)(H2,20,22,23). The first-order valence-electron chi connectivity index (χ1n) is 7.26. The smallest absolute Gasteiger partial charge is 0.337 e. The van der Waals surface area contributed by atoms with E-state index in [1.807, 2.05) is 0 Å². The van der Waals surface area contributed by atoms with Gasteiger partial charge in [-0.15, -0.1) is 0 Å². The van der Waals surface area contributed by atoms with Crippen molar-refractivity contribution in [3.63, 3.8) is 0 Å². The van der Waals surface area contributed by atoms with Crippen molar-refractivity contribution in [2.45, 2.75) is 6.92 Å². The second-order valence-electron chi connectivity index (χ2n) is 5.36. The summed E-state index contributed by atoms with van der Waals surface area (Å²) in [7, 11) is 0. The highest BCUT2D eigenvalue weighted by Crippen LogP contribution is 2.34. The molecule has 0 aliphatic heterocycles. The summed E-state index contributed by atoms with van der Waals surface area (Å²) in [5, 5.41) is 9.24. The van der Waals surface area contributed by atoms with E-state index in [0.717, 1.165) is 11.1 Å². The summed E-state index contributed by atoms with van der Waals surface area (Å²) in [6.07, 6.45) is 1.62. The Kier molecular flexibility index (Phi) is 4.24. The summed E-state index contributed by atoms with van der Waals surface area (Å²) < 4.78 is 0. The van der Waals surface area contributed by atoms with E-state index in [9.17, 15) is 4.79 Å². The molecular weight excluding hydrogens is 342 g/mol. The maximum absolute atomic E-state index is 11.1.